The van der Waals surface area contributed by atoms with Crippen LogP contribution in [0.4, 0.5) is 0 Å². The van der Waals surface area contributed by atoms with Crippen LogP contribution < -0.4 is 0 Å². The van der Waals surface area contributed by atoms with E-state index in [1.54, 1.807) is 0 Å². The molecule has 0 aromatic rings. The number of rotatable bonds is 29. The molecule has 0 heterocycles. The third-order valence-electron chi connectivity index (χ3n) is 6.60. The predicted molar refractivity (Wildman–Crippen MR) is 174 cm³/mol. The van der Waals surface area contributed by atoms with Crippen molar-refractivity contribution in [3.8, 4) is 0 Å². The van der Waals surface area contributed by atoms with Crippen molar-refractivity contribution >= 4 is 19.8 Å². The van der Waals surface area contributed by atoms with Gasteiger partial charge >= 0.3 is 19.8 Å². The predicted octanol–water partition coefficient (Wildman–Crippen LogP) is 9.23. The standard InChI is InChI=1S/C34H59O8P/c1-3-5-7-9-11-13-14-15-16-17-18-19-20-21-23-25-27-29-34(36)42-32(31-41-43(37,38)39)30-40-33(35)28-26-24-22-12-10-8-6-4-2/h11,13,15-16,18-19,21,23,32H,3-10,12,14,17,20,22,24-31H2,1-2H3,(H2,37,38,39)/b13-11+,16-15+,19-18+,23-21+/t32-/m1/s1. The molecule has 2 N–H and O–H groups in total. The zero-order valence-electron chi connectivity index (χ0n) is 26.8. The van der Waals surface area contributed by atoms with Gasteiger partial charge in [-0.05, 0) is 51.4 Å². The minimum atomic E-state index is -4.75. The zero-order chi connectivity index (χ0) is 31.9. The molecule has 0 aromatic carbocycles. The highest BCUT2D eigenvalue weighted by atomic mass is 31.2. The fraction of sp³-hybridized carbons (Fsp3) is 0.706. The van der Waals surface area contributed by atoms with E-state index in [9.17, 15) is 14.2 Å². The molecule has 0 rings (SSSR count). The minimum Gasteiger partial charge on any atom is -0.462 e. The van der Waals surface area contributed by atoms with E-state index in [1.807, 2.05) is 12.2 Å². The summed E-state index contributed by atoms with van der Waals surface area (Å²) < 4.78 is 26.1. The van der Waals surface area contributed by atoms with Gasteiger partial charge in [0.1, 0.15) is 6.61 Å². The van der Waals surface area contributed by atoms with Gasteiger partial charge in [-0.15, -0.1) is 0 Å². The molecule has 8 nitrogen and oxygen atoms in total. The fourth-order valence-corrected chi connectivity index (χ4v) is 4.49. The Kier molecular flexibility index (Phi) is 28.7. The Morgan fingerprint density at radius 3 is 1.63 bits per heavy atom. The summed E-state index contributed by atoms with van der Waals surface area (Å²) in [5, 5.41) is 0. The highest BCUT2D eigenvalue weighted by Gasteiger charge is 2.22. The van der Waals surface area contributed by atoms with Crippen LogP contribution in [0.25, 0.3) is 0 Å². The first-order valence-corrected chi connectivity index (χ1v) is 18.0. The highest BCUT2D eigenvalue weighted by Crippen LogP contribution is 2.35. The molecule has 0 aliphatic rings. The van der Waals surface area contributed by atoms with Gasteiger partial charge in [-0.3, -0.25) is 14.1 Å². The van der Waals surface area contributed by atoms with E-state index in [4.69, 9.17) is 19.3 Å². The monoisotopic (exact) mass is 626 g/mol. The summed E-state index contributed by atoms with van der Waals surface area (Å²) in [6.07, 6.45) is 34.2. The van der Waals surface area contributed by atoms with Crippen molar-refractivity contribution in [3.63, 3.8) is 0 Å². The van der Waals surface area contributed by atoms with E-state index in [0.29, 0.717) is 19.3 Å². The van der Waals surface area contributed by atoms with Gasteiger partial charge in [-0.2, -0.15) is 0 Å². The maximum Gasteiger partial charge on any atom is 0.469 e. The zero-order valence-corrected chi connectivity index (χ0v) is 27.7. The van der Waals surface area contributed by atoms with Crippen LogP contribution in [0, 0.1) is 0 Å². The maximum absolute atomic E-state index is 12.3. The summed E-state index contributed by atoms with van der Waals surface area (Å²) in [4.78, 5) is 42.3. The number of phosphoric acid groups is 1. The number of hydrogen-bond donors (Lipinski definition) is 2. The lowest BCUT2D eigenvalue weighted by atomic mass is 10.1. The van der Waals surface area contributed by atoms with Gasteiger partial charge < -0.3 is 19.3 Å². The molecule has 0 unspecified atom stereocenters. The number of carbonyl (C=O) groups excluding carboxylic acids is 2. The van der Waals surface area contributed by atoms with E-state index < -0.39 is 32.5 Å². The van der Waals surface area contributed by atoms with Crippen molar-refractivity contribution in [1.82, 2.24) is 0 Å². The molecular weight excluding hydrogens is 567 g/mol. The van der Waals surface area contributed by atoms with Crippen LogP contribution >= 0.6 is 7.82 Å². The first kappa shape index (κ1) is 41.0. The van der Waals surface area contributed by atoms with Gasteiger partial charge in [0.25, 0.3) is 0 Å². The molecule has 248 valence electrons. The van der Waals surface area contributed by atoms with E-state index in [2.05, 4.69) is 54.8 Å². The molecule has 1 atom stereocenters. The molecule has 0 radical (unpaired) electrons. The quantitative estimate of drug-likeness (QED) is 0.0365. The average molecular weight is 627 g/mol. The first-order chi connectivity index (χ1) is 20.8. The highest BCUT2D eigenvalue weighted by molar-refractivity contribution is 7.46. The lowest BCUT2D eigenvalue weighted by molar-refractivity contribution is -0.161. The van der Waals surface area contributed by atoms with Gasteiger partial charge in [0.05, 0.1) is 6.61 Å². The largest absolute Gasteiger partial charge is 0.469 e. The maximum atomic E-state index is 12.3. The lowest BCUT2D eigenvalue weighted by Gasteiger charge is -2.18. The second-order valence-corrected chi connectivity index (χ2v) is 12.0. The van der Waals surface area contributed by atoms with Crippen molar-refractivity contribution < 1.29 is 37.9 Å². The Hall–Kier alpha value is -1.99. The van der Waals surface area contributed by atoms with E-state index >= 15 is 0 Å². The number of esters is 2. The van der Waals surface area contributed by atoms with Crippen LogP contribution in [0.3, 0.4) is 0 Å². The van der Waals surface area contributed by atoms with Gasteiger partial charge in [0, 0.05) is 12.8 Å². The Bertz CT molecular complexity index is 843. The molecule has 0 fully saturated rings. The molecular formula is C34H59O8P. The van der Waals surface area contributed by atoms with Crippen molar-refractivity contribution in [2.45, 2.75) is 142 Å². The number of ether oxygens (including phenoxy) is 2. The lowest BCUT2D eigenvalue weighted by Crippen LogP contribution is -2.29. The van der Waals surface area contributed by atoms with Gasteiger partial charge in [-0.1, -0.05) is 120 Å². The third kappa shape index (κ3) is 32.8. The number of carbonyl (C=O) groups is 2. The molecule has 0 amide bonds. The molecule has 0 saturated heterocycles. The van der Waals surface area contributed by atoms with E-state index in [-0.39, 0.29) is 19.4 Å². The van der Waals surface area contributed by atoms with Crippen LogP contribution in [0.2, 0.25) is 0 Å². The number of phosphoric ester groups is 1. The van der Waals surface area contributed by atoms with Crippen molar-refractivity contribution in [1.29, 1.82) is 0 Å². The van der Waals surface area contributed by atoms with Crippen LogP contribution in [0.5, 0.6) is 0 Å². The minimum absolute atomic E-state index is 0.136. The summed E-state index contributed by atoms with van der Waals surface area (Å²) >= 11 is 0. The summed E-state index contributed by atoms with van der Waals surface area (Å²) in [5.74, 6) is -0.960. The van der Waals surface area contributed by atoms with Crippen LogP contribution in [-0.4, -0.2) is 41.0 Å². The van der Waals surface area contributed by atoms with Crippen LogP contribution in [-0.2, 0) is 28.2 Å². The van der Waals surface area contributed by atoms with Gasteiger partial charge in [0.15, 0.2) is 6.10 Å². The molecule has 0 spiro atoms. The molecule has 0 saturated carbocycles. The first-order valence-electron chi connectivity index (χ1n) is 16.4. The summed E-state index contributed by atoms with van der Waals surface area (Å²) in [6.45, 7) is 3.54. The molecule has 0 aliphatic heterocycles. The van der Waals surface area contributed by atoms with Crippen molar-refractivity contribution in [3.05, 3.63) is 48.6 Å². The Balaban J connectivity index is 4.14. The normalized spacial score (nSPS) is 13.1. The molecule has 43 heavy (non-hydrogen) atoms. The molecule has 0 bridgehead atoms. The smallest absolute Gasteiger partial charge is 0.462 e. The topological polar surface area (TPSA) is 119 Å². The fourth-order valence-electron chi connectivity index (χ4n) is 4.13. The van der Waals surface area contributed by atoms with E-state index in [1.165, 1.54) is 51.4 Å². The number of hydrogen-bond acceptors (Lipinski definition) is 6. The Morgan fingerprint density at radius 1 is 0.605 bits per heavy atom. The Labute approximate surface area is 261 Å². The van der Waals surface area contributed by atoms with Gasteiger partial charge in [0.2, 0.25) is 0 Å². The van der Waals surface area contributed by atoms with E-state index in [0.717, 1.165) is 38.5 Å². The van der Waals surface area contributed by atoms with Gasteiger partial charge in [-0.25, -0.2) is 4.57 Å². The summed E-state index contributed by atoms with van der Waals surface area (Å²) in [6, 6.07) is 0. The average Bonchev–Trinajstić information content (AvgIpc) is 2.97. The second-order valence-electron chi connectivity index (χ2n) is 10.8. The molecule has 9 heteroatoms. The second kappa shape index (κ2) is 30.1. The van der Waals surface area contributed by atoms with Crippen LogP contribution in [0.1, 0.15) is 136 Å². The summed E-state index contributed by atoms with van der Waals surface area (Å²) in [7, 11) is -4.75. The van der Waals surface area contributed by atoms with Crippen LogP contribution in [0.15, 0.2) is 48.6 Å². The van der Waals surface area contributed by atoms with Crippen molar-refractivity contribution in [2.24, 2.45) is 0 Å². The SMILES string of the molecule is CCCCC/C=C/C/C=C/C/C=C/C/C=C/CCCC(=O)O[C@H](COC(=O)CCCCCCCCCC)COP(=O)(O)O. The third-order valence-corrected chi connectivity index (χ3v) is 7.09. The van der Waals surface area contributed by atoms with Crippen molar-refractivity contribution in [2.75, 3.05) is 13.2 Å². The summed E-state index contributed by atoms with van der Waals surface area (Å²) in [5.41, 5.74) is 0. The number of allylic oxidation sites excluding steroid dienone is 8. The molecule has 0 aliphatic carbocycles. The molecule has 0 aromatic heterocycles. The number of unbranched alkanes of at least 4 members (excludes halogenated alkanes) is 11. The Morgan fingerprint density at radius 2 is 1.07 bits per heavy atom.